The minimum Gasteiger partial charge on any atom is -0.472 e. The second-order valence-corrected chi connectivity index (χ2v) is 6.86. The van der Waals surface area contributed by atoms with Crippen LogP contribution in [-0.4, -0.2) is 36.3 Å². The van der Waals surface area contributed by atoms with Crippen molar-refractivity contribution >= 4 is 11.8 Å². The number of carbonyl (C=O) groups excluding carboxylic acids is 2. The summed E-state index contributed by atoms with van der Waals surface area (Å²) in [6.45, 7) is 3.93. The second kappa shape index (κ2) is 8.70. The number of hydrogen-bond acceptors (Lipinski definition) is 3. The van der Waals surface area contributed by atoms with E-state index in [1.165, 1.54) is 18.1 Å². The van der Waals surface area contributed by atoms with Crippen molar-refractivity contribution in [2.45, 2.75) is 32.1 Å². The normalized spacial score (nSPS) is 18.3. The number of piperidine rings is 1. The molecule has 0 bridgehead atoms. The molecule has 2 amide bonds. The van der Waals surface area contributed by atoms with Crippen LogP contribution in [0, 0.1) is 5.92 Å². The van der Waals surface area contributed by atoms with E-state index in [0.29, 0.717) is 31.1 Å². The quantitative estimate of drug-likeness (QED) is 0.864. The lowest BCUT2D eigenvalue weighted by Crippen LogP contribution is -2.46. The van der Waals surface area contributed by atoms with Gasteiger partial charge in [0.15, 0.2) is 0 Å². The van der Waals surface area contributed by atoms with Gasteiger partial charge in [0, 0.05) is 25.6 Å². The minimum atomic E-state index is -0.145. The van der Waals surface area contributed by atoms with Gasteiger partial charge in [-0.1, -0.05) is 37.3 Å². The first-order valence-electron chi connectivity index (χ1n) is 9.33. The van der Waals surface area contributed by atoms with E-state index >= 15 is 0 Å². The highest BCUT2D eigenvalue weighted by atomic mass is 16.3. The van der Waals surface area contributed by atoms with Gasteiger partial charge in [-0.05, 0) is 30.9 Å². The van der Waals surface area contributed by atoms with E-state index in [1.807, 2.05) is 18.2 Å². The molecule has 0 unspecified atom stereocenters. The number of likely N-dealkylation sites (tertiary alicyclic amines) is 1. The molecule has 5 heteroatoms. The number of hydrogen-bond donors (Lipinski definition) is 1. The Kier molecular flexibility index (Phi) is 6.10. The van der Waals surface area contributed by atoms with Crippen molar-refractivity contribution in [3.8, 4) is 0 Å². The summed E-state index contributed by atoms with van der Waals surface area (Å²) >= 11 is 0. The monoisotopic (exact) mass is 354 g/mol. The highest BCUT2D eigenvalue weighted by molar-refractivity contribution is 5.94. The number of furan rings is 1. The zero-order chi connectivity index (χ0) is 18.4. The molecule has 1 aromatic carbocycles. The summed E-state index contributed by atoms with van der Waals surface area (Å²) in [7, 11) is 0. The SMILES string of the molecule is CC[C@H](CNC(=O)[C@@H]1CCCN(C(=O)c2ccoc2)C1)c1ccccc1. The van der Waals surface area contributed by atoms with Crippen LogP contribution in [0.2, 0.25) is 0 Å². The first-order valence-corrected chi connectivity index (χ1v) is 9.33. The van der Waals surface area contributed by atoms with Crippen LogP contribution in [0.4, 0.5) is 0 Å². The van der Waals surface area contributed by atoms with Gasteiger partial charge in [-0.3, -0.25) is 9.59 Å². The van der Waals surface area contributed by atoms with Crippen molar-refractivity contribution in [2.75, 3.05) is 19.6 Å². The Hall–Kier alpha value is -2.56. The summed E-state index contributed by atoms with van der Waals surface area (Å²) < 4.78 is 4.99. The molecule has 0 aliphatic carbocycles. The summed E-state index contributed by atoms with van der Waals surface area (Å²) in [6.07, 6.45) is 5.59. The predicted octanol–water partition coefficient (Wildman–Crippen LogP) is 3.44. The van der Waals surface area contributed by atoms with Crippen molar-refractivity contribution in [2.24, 2.45) is 5.92 Å². The molecule has 1 fully saturated rings. The lowest BCUT2D eigenvalue weighted by Gasteiger charge is -2.32. The Morgan fingerprint density at radius 1 is 1.27 bits per heavy atom. The molecule has 1 aliphatic rings. The van der Waals surface area contributed by atoms with Gasteiger partial charge in [0.25, 0.3) is 5.91 Å². The highest BCUT2D eigenvalue weighted by Crippen LogP contribution is 2.21. The lowest BCUT2D eigenvalue weighted by molar-refractivity contribution is -0.126. The Morgan fingerprint density at radius 2 is 2.08 bits per heavy atom. The molecular weight excluding hydrogens is 328 g/mol. The lowest BCUT2D eigenvalue weighted by atomic mass is 9.94. The third kappa shape index (κ3) is 4.34. The molecule has 1 saturated heterocycles. The number of nitrogens with one attached hydrogen (secondary N) is 1. The van der Waals surface area contributed by atoms with Crippen LogP contribution in [0.5, 0.6) is 0 Å². The molecular formula is C21H26N2O3. The molecule has 138 valence electrons. The van der Waals surface area contributed by atoms with Crippen LogP contribution in [-0.2, 0) is 4.79 Å². The fourth-order valence-electron chi connectivity index (χ4n) is 3.54. The van der Waals surface area contributed by atoms with Crippen molar-refractivity contribution in [3.63, 3.8) is 0 Å². The summed E-state index contributed by atoms with van der Waals surface area (Å²) in [5.41, 5.74) is 1.79. The summed E-state index contributed by atoms with van der Waals surface area (Å²) in [4.78, 5) is 26.9. The molecule has 5 nitrogen and oxygen atoms in total. The van der Waals surface area contributed by atoms with Crippen LogP contribution >= 0.6 is 0 Å². The van der Waals surface area contributed by atoms with Crippen LogP contribution in [0.25, 0.3) is 0 Å². The number of amides is 2. The van der Waals surface area contributed by atoms with Gasteiger partial charge in [-0.25, -0.2) is 0 Å². The number of carbonyl (C=O) groups is 2. The van der Waals surface area contributed by atoms with Crippen molar-refractivity contribution in [1.82, 2.24) is 10.2 Å². The van der Waals surface area contributed by atoms with E-state index in [9.17, 15) is 9.59 Å². The Labute approximate surface area is 154 Å². The van der Waals surface area contributed by atoms with E-state index < -0.39 is 0 Å². The smallest absolute Gasteiger partial charge is 0.257 e. The molecule has 1 aromatic heterocycles. The van der Waals surface area contributed by atoms with Gasteiger partial charge in [0.2, 0.25) is 5.91 Å². The van der Waals surface area contributed by atoms with E-state index in [2.05, 4.69) is 24.4 Å². The second-order valence-electron chi connectivity index (χ2n) is 6.86. The number of rotatable bonds is 6. The van der Waals surface area contributed by atoms with Crippen molar-refractivity contribution in [1.29, 1.82) is 0 Å². The predicted molar refractivity (Wildman–Crippen MR) is 99.8 cm³/mol. The van der Waals surface area contributed by atoms with Crippen LogP contribution in [0.3, 0.4) is 0 Å². The van der Waals surface area contributed by atoms with E-state index in [0.717, 1.165) is 19.3 Å². The van der Waals surface area contributed by atoms with Gasteiger partial charge in [-0.15, -0.1) is 0 Å². The maximum atomic E-state index is 12.6. The van der Waals surface area contributed by atoms with Gasteiger partial charge in [-0.2, -0.15) is 0 Å². The minimum absolute atomic E-state index is 0.0454. The summed E-state index contributed by atoms with van der Waals surface area (Å²) in [5.74, 6) is 0.149. The molecule has 1 N–H and O–H groups in total. The van der Waals surface area contributed by atoms with Crippen LogP contribution in [0.1, 0.15) is 48.0 Å². The topological polar surface area (TPSA) is 62.6 Å². The molecule has 3 rings (SSSR count). The Balaban J connectivity index is 1.55. The van der Waals surface area contributed by atoms with Crippen molar-refractivity contribution in [3.05, 3.63) is 60.1 Å². The van der Waals surface area contributed by atoms with E-state index in [-0.39, 0.29) is 17.7 Å². The molecule has 2 heterocycles. The molecule has 0 saturated carbocycles. The highest BCUT2D eigenvalue weighted by Gasteiger charge is 2.29. The number of benzene rings is 1. The maximum Gasteiger partial charge on any atom is 0.257 e. The fraction of sp³-hybridized carbons (Fsp3) is 0.429. The van der Waals surface area contributed by atoms with Crippen molar-refractivity contribution < 1.29 is 14.0 Å². The third-order valence-corrected chi connectivity index (χ3v) is 5.13. The largest absolute Gasteiger partial charge is 0.472 e. The third-order valence-electron chi connectivity index (χ3n) is 5.13. The summed E-state index contributed by atoms with van der Waals surface area (Å²) in [6, 6.07) is 11.9. The molecule has 2 aromatic rings. The molecule has 0 radical (unpaired) electrons. The Bertz CT molecular complexity index is 712. The Morgan fingerprint density at radius 3 is 2.77 bits per heavy atom. The van der Waals surface area contributed by atoms with E-state index in [1.54, 1.807) is 11.0 Å². The zero-order valence-corrected chi connectivity index (χ0v) is 15.2. The van der Waals surface area contributed by atoms with E-state index in [4.69, 9.17) is 4.42 Å². The standard InChI is InChI=1S/C21H26N2O3/c1-2-16(17-7-4-3-5-8-17)13-22-20(24)18-9-6-11-23(14-18)21(25)19-10-12-26-15-19/h3-5,7-8,10,12,15-16,18H,2,6,9,11,13-14H2,1H3,(H,22,24)/t16-,18-/m1/s1. The first kappa shape index (κ1) is 18.2. The summed E-state index contributed by atoms with van der Waals surface area (Å²) in [5, 5.41) is 3.10. The fourth-order valence-corrected chi connectivity index (χ4v) is 3.54. The van der Waals surface area contributed by atoms with Gasteiger partial charge in [0.1, 0.15) is 6.26 Å². The molecule has 2 atom stereocenters. The first-order chi connectivity index (χ1) is 12.7. The van der Waals surface area contributed by atoms with Gasteiger partial charge < -0.3 is 14.6 Å². The maximum absolute atomic E-state index is 12.6. The van der Waals surface area contributed by atoms with Crippen LogP contribution in [0.15, 0.2) is 53.3 Å². The van der Waals surface area contributed by atoms with Crippen LogP contribution < -0.4 is 5.32 Å². The molecule has 0 spiro atoms. The zero-order valence-electron chi connectivity index (χ0n) is 15.2. The molecule has 1 aliphatic heterocycles. The number of nitrogens with zero attached hydrogens (tertiary/aromatic N) is 1. The van der Waals surface area contributed by atoms with Gasteiger partial charge in [0.05, 0.1) is 17.7 Å². The average molecular weight is 354 g/mol. The molecule has 26 heavy (non-hydrogen) atoms. The van der Waals surface area contributed by atoms with Gasteiger partial charge >= 0.3 is 0 Å². The average Bonchev–Trinajstić information content (AvgIpc) is 3.23.